The SMILES string of the molecule is COc1ccc(C(=O)Nc2ccc3ccc4cccnc4c3n2)cc1. The molecule has 0 unspecified atom stereocenters. The molecule has 4 rings (SSSR count). The minimum atomic E-state index is -0.220. The van der Waals surface area contributed by atoms with Gasteiger partial charge in [0.25, 0.3) is 5.91 Å². The zero-order chi connectivity index (χ0) is 17.2. The van der Waals surface area contributed by atoms with E-state index in [-0.39, 0.29) is 5.91 Å². The van der Waals surface area contributed by atoms with Gasteiger partial charge < -0.3 is 10.1 Å². The Kier molecular flexibility index (Phi) is 3.74. The molecule has 0 aliphatic rings. The Morgan fingerprint density at radius 2 is 1.64 bits per heavy atom. The fourth-order valence-corrected chi connectivity index (χ4v) is 2.72. The first-order chi connectivity index (χ1) is 12.2. The molecule has 0 fully saturated rings. The van der Waals surface area contributed by atoms with E-state index in [1.807, 2.05) is 30.3 Å². The molecule has 0 aliphatic carbocycles. The molecule has 122 valence electrons. The second kappa shape index (κ2) is 6.20. The Balaban J connectivity index is 1.69. The number of hydrogen-bond acceptors (Lipinski definition) is 4. The van der Waals surface area contributed by atoms with Crippen molar-refractivity contribution >= 4 is 33.5 Å². The topological polar surface area (TPSA) is 64.1 Å². The Bertz CT molecular complexity index is 1080. The van der Waals surface area contributed by atoms with Gasteiger partial charge in [-0.05, 0) is 42.5 Å². The third-order valence-corrected chi connectivity index (χ3v) is 4.03. The number of methoxy groups -OCH3 is 1. The van der Waals surface area contributed by atoms with Crippen molar-refractivity contribution in [2.45, 2.75) is 0 Å². The fraction of sp³-hybridized carbons (Fsp3) is 0.0500. The maximum absolute atomic E-state index is 12.4. The molecule has 5 nitrogen and oxygen atoms in total. The molecule has 0 bridgehead atoms. The molecule has 2 aromatic carbocycles. The second-order valence-corrected chi connectivity index (χ2v) is 5.59. The number of nitrogens with zero attached hydrogens (tertiary/aromatic N) is 2. The van der Waals surface area contributed by atoms with Crippen molar-refractivity contribution in [2.24, 2.45) is 0 Å². The van der Waals surface area contributed by atoms with Crippen LogP contribution in [-0.4, -0.2) is 23.0 Å². The molecule has 1 amide bonds. The van der Waals surface area contributed by atoms with Gasteiger partial charge in [0.15, 0.2) is 0 Å². The maximum atomic E-state index is 12.4. The summed E-state index contributed by atoms with van der Waals surface area (Å²) in [5, 5.41) is 4.83. The van der Waals surface area contributed by atoms with E-state index >= 15 is 0 Å². The van der Waals surface area contributed by atoms with Gasteiger partial charge in [-0.1, -0.05) is 18.2 Å². The van der Waals surface area contributed by atoms with Crippen molar-refractivity contribution in [1.29, 1.82) is 0 Å². The van der Waals surface area contributed by atoms with E-state index in [1.54, 1.807) is 43.6 Å². The van der Waals surface area contributed by atoms with Gasteiger partial charge in [-0.15, -0.1) is 0 Å². The Morgan fingerprint density at radius 3 is 2.40 bits per heavy atom. The van der Waals surface area contributed by atoms with Gasteiger partial charge in [-0.2, -0.15) is 0 Å². The van der Waals surface area contributed by atoms with Crippen LogP contribution in [0.15, 0.2) is 66.9 Å². The van der Waals surface area contributed by atoms with Crippen LogP contribution in [0.3, 0.4) is 0 Å². The van der Waals surface area contributed by atoms with E-state index in [0.29, 0.717) is 17.1 Å². The highest BCUT2D eigenvalue weighted by molar-refractivity contribution is 6.06. The molecule has 0 radical (unpaired) electrons. The smallest absolute Gasteiger partial charge is 0.256 e. The lowest BCUT2D eigenvalue weighted by Gasteiger charge is -2.08. The minimum Gasteiger partial charge on any atom is -0.497 e. The average Bonchev–Trinajstić information content (AvgIpc) is 2.68. The number of ether oxygens (including phenoxy) is 1. The molecule has 0 saturated heterocycles. The third-order valence-electron chi connectivity index (χ3n) is 4.03. The van der Waals surface area contributed by atoms with Gasteiger partial charge in [0.2, 0.25) is 0 Å². The normalized spacial score (nSPS) is 10.8. The fourth-order valence-electron chi connectivity index (χ4n) is 2.72. The largest absolute Gasteiger partial charge is 0.497 e. The summed E-state index contributed by atoms with van der Waals surface area (Å²) in [4.78, 5) is 21.4. The van der Waals surface area contributed by atoms with Gasteiger partial charge in [-0.3, -0.25) is 9.78 Å². The van der Waals surface area contributed by atoms with Crippen molar-refractivity contribution in [3.63, 3.8) is 0 Å². The van der Waals surface area contributed by atoms with Crippen molar-refractivity contribution in [3.05, 3.63) is 72.4 Å². The summed E-state index contributed by atoms with van der Waals surface area (Å²) in [6, 6.07) is 18.6. The average molecular weight is 329 g/mol. The number of benzene rings is 2. The summed E-state index contributed by atoms with van der Waals surface area (Å²) in [7, 11) is 1.59. The Hall–Kier alpha value is -3.47. The van der Waals surface area contributed by atoms with Crippen molar-refractivity contribution < 1.29 is 9.53 Å². The van der Waals surface area contributed by atoms with Crippen LogP contribution in [0, 0.1) is 0 Å². The molecule has 5 heteroatoms. The Labute approximate surface area is 144 Å². The highest BCUT2D eigenvalue weighted by Crippen LogP contribution is 2.23. The number of carbonyl (C=O) groups is 1. The third kappa shape index (κ3) is 2.87. The van der Waals surface area contributed by atoms with Gasteiger partial charge in [0.1, 0.15) is 11.6 Å². The molecule has 0 aliphatic heterocycles. The van der Waals surface area contributed by atoms with E-state index in [9.17, 15) is 4.79 Å². The van der Waals surface area contributed by atoms with Gasteiger partial charge in [-0.25, -0.2) is 4.98 Å². The number of hydrogen-bond donors (Lipinski definition) is 1. The van der Waals surface area contributed by atoms with Gasteiger partial charge in [0, 0.05) is 22.5 Å². The lowest BCUT2D eigenvalue weighted by atomic mass is 10.1. The second-order valence-electron chi connectivity index (χ2n) is 5.59. The molecule has 2 aromatic heterocycles. The molecule has 0 saturated carbocycles. The molecule has 1 N–H and O–H groups in total. The summed E-state index contributed by atoms with van der Waals surface area (Å²) >= 11 is 0. The predicted molar refractivity (Wildman–Crippen MR) is 98.0 cm³/mol. The quantitative estimate of drug-likeness (QED) is 0.576. The van der Waals surface area contributed by atoms with Crippen LogP contribution in [0.1, 0.15) is 10.4 Å². The first-order valence-electron chi connectivity index (χ1n) is 7.84. The molecule has 25 heavy (non-hydrogen) atoms. The van der Waals surface area contributed by atoms with Gasteiger partial charge >= 0.3 is 0 Å². The van der Waals surface area contributed by atoms with Crippen LogP contribution in [0.25, 0.3) is 21.8 Å². The molecule has 0 atom stereocenters. The van der Waals surface area contributed by atoms with E-state index in [2.05, 4.69) is 15.3 Å². The number of carbonyl (C=O) groups excluding carboxylic acids is 1. The van der Waals surface area contributed by atoms with E-state index < -0.39 is 0 Å². The van der Waals surface area contributed by atoms with E-state index in [4.69, 9.17) is 4.74 Å². The number of fused-ring (bicyclic) bond motifs is 3. The minimum absolute atomic E-state index is 0.220. The number of nitrogens with one attached hydrogen (secondary N) is 1. The molecule has 2 heterocycles. The standard InChI is InChI=1S/C20H15N3O2/c1-25-16-9-6-15(7-10-16)20(24)23-17-11-8-14-5-4-13-3-2-12-21-18(13)19(14)22-17/h2-12H,1H3,(H,22,23,24). The monoisotopic (exact) mass is 329 g/mol. The lowest BCUT2D eigenvalue weighted by molar-refractivity contribution is 0.102. The molecular formula is C20H15N3O2. The highest BCUT2D eigenvalue weighted by Gasteiger charge is 2.09. The number of amides is 1. The summed E-state index contributed by atoms with van der Waals surface area (Å²) in [6.45, 7) is 0. The van der Waals surface area contributed by atoms with Crippen LogP contribution in [0.5, 0.6) is 5.75 Å². The number of pyridine rings is 2. The first kappa shape index (κ1) is 15.1. The molecular weight excluding hydrogens is 314 g/mol. The van der Waals surface area contributed by atoms with Crippen LogP contribution < -0.4 is 10.1 Å². The number of rotatable bonds is 3. The van der Waals surface area contributed by atoms with Gasteiger partial charge in [0.05, 0.1) is 18.1 Å². The van der Waals surface area contributed by atoms with Crippen molar-refractivity contribution in [3.8, 4) is 5.75 Å². The number of anilines is 1. The Morgan fingerprint density at radius 1 is 0.920 bits per heavy atom. The summed E-state index contributed by atoms with van der Waals surface area (Å²) in [6.07, 6.45) is 1.74. The van der Waals surface area contributed by atoms with Crippen LogP contribution in [0.4, 0.5) is 5.82 Å². The maximum Gasteiger partial charge on any atom is 0.256 e. The van der Waals surface area contributed by atoms with E-state index in [1.165, 1.54) is 0 Å². The first-order valence-corrected chi connectivity index (χ1v) is 7.84. The predicted octanol–water partition coefficient (Wildman–Crippen LogP) is 4.04. The lowest BCUT2D eigenvalue weighted by Crippen LogP contribution is -2.12. The van der Waals surface area contributed by atoms with Crippen molar-refractivity contribution in [2.75, 3.05) is 12.4 Å². The zero-order valence-electron chi connectivity index (χ0n) is 13.6. The molecule has 0 spiro atoms. The number of aromatic nitrogens is 2. The van der Waals surface area contributed by atoms with Crippen molar-refractivity contribution in [1.82, 2.24) is 9.97 Å². The summed E-state index contributed by atoms with van der Waals surface area (Å²) in [5.74, 6) is 0.979. The molecule has 4 aromatic rings. The van der Waals surface area contributed by atoms with Crippen LogP contribution in [0.2, 0.25) is 0 Å². The van der Waals surface area contributed by atoms with Crippen LogP contribution in [-0.2, 0) is 0 Å². The zero-order valence-corrected chi connectivity index (χ0v) is 13.6. The summed E-state index contributed by atoms with van der Waals surface area (Å²) < 4.78 is 5.11. The van der Waals surface area contributed by atoms with E-state index in [0.717, 1.165) is 21.8 Å². The highest BCUT2D eigenvalue weighted by atomic mass is 16.5. The van der Waals surface area contributed by atoms with Crippen LogP contribution >= 0.6 is 0 Å². The summed E-state index contributed by atoms with van der Waals surface area (Å²) in [5.41, 5.74) is 2.13.